The Morgan fingerprint density at radius 2 is 1.93 bits per heavy atom. The van der Waals surface area contributed by atoms with Crippen LogP contribution in [0, 0.1) is 0 Å². The Morgan fingerprint density at radius 1 is 1.27 bits per heavy atom. The number of hydrazine groups is 2. The van der Waals surface area contributed by atoms with E-state index in [2.05, 4.69) is 21.9 Å². The summed E-state index contributed by atoms with van der Waals surface area (Å²) in [6.07, 6.45) is 1.81. The van der Waals surface area contributed by atoms with Gasteiger partial charge in [0.25, 0.3) is 0 Å². The van der Waals surface area contributed by atoms with Crippen LogP contribution in [-0.4, -0.2) is 16.2 Å². The molecule has 0 saturated heterocycles. The molecule has 0 aliphatic carbocycles. The highest BCUT2D eigenvalue weighted by Crippen LogP contribution is 2.06. The Morgan fingerprint density at radius 3 is 2.47 bits per heavy atom. The van der Waals surface area contributed by atoms with E-state index >= 15 is 0 Å². The SMILES string of the molecule is NNC(=O)NN.c1ccc2[nH]ncc2c1. The van der Waals surface area contributed by atoms with Gasteiger partial charge in [0, 0.05) is 5.39 Å². The number of urea groups is 1. The number of fused-ring (bicyclic) bond motifs is 1. The minimum Gasteiger partial charge on any atom is -0.278 e. The minimum atomic E-state index is -0.602. The lowest BCUT2D eigenvalue weighted by Gasteiger charge is -1.90. The number of nitrogens with one attached hydrogen (secondary N) is 3. The van der Waals surface area contributed by atoms with E-state index in [9.17, 15) is 4.79 Å². The Hall–Kier alpha value is -2.12. The van der Waals surface area contributed by atoms with Crippen molar-refractivity contribution >= 4 is 16.9 Å². The molecular formula is C8H12N6O. The van der Waals surface area contributed by atoms with Gasteiger partial charge in [-0.1, -0.05) is 18.2 Å². The van der Waals surface area contributed by atoms with E-state index in [1.54, 1.807) is 10.9 Å². The van der Waals surface area contributed by atoms with Crippen LogP contribution in [0.25, 0.3) is 10.9 Å². The lowest BCUT2D eigenvalue weighted by molar-refractivity contribution is 0.241. The van der Waals surface area contributed by atoms with Gasteiger partial charge >= 0.3 is 6.03 Å². The number of benzene rings is 1. The van der Waals surface area contributed by atoms with Gasteiger partial charge in [0.05, 0.1) is 11.7 Å². The first kappa shape index (κ1) is 11.0. The highest BCUT2D eigenvalue weighted by Gasteiger charge is 1.88. The Bertz CT molecular complexity index is 389. The Labute approximate surface area is 85.8 Å². The minimum absolute atomic E-state index is 0.602. The van der Waals surface area contributed by atoms with E-state index in [0.717, 1.165) is 10.9 Å². The van der Waals surface area contributed by atoms with Crippen molar-refractivity contribution in [2.75, 3.05) is 0 Å². The molecule has 0 spiro atoms. The summed E-state index contributed by atoms with van der Waals surface area (Å²) in [5.41, 5.74) is 4.57. The number of nitrogens with two attached hydrogens (primary N) is 2. The molecule has 0 aliphatic heterocycles. The molecule has 2 aromatic rings. The molecule has 15 heavy (non-hydrogen) atoms. The Balaban J connectivity index is 0.000000167. The summed E-state index contributed by atoms with van der Waals surface area (Å²) in [5.74, 6) is 9.08. The normalized spacial score (nSPS) is 8.93. The molecule has 7 heteroatoms. The van der Waals surface area contributed by atoms with Crippen LogP contribution >= 0.6 is 0 Å². The van der Waals surface area contributed by atoms with Gasteiger partial charge in [-0.05, 0) is 6.07 Å². The molecule has 0 radical (unpaired) electrons. The molecule has 0 atom stereocenters. The maximum atomic E-state index is 9.71. The molecule has 1 aromatic heterocycles. The largest absolute Gasteiger partial charge is 0.343 e. The van der Waals surface area contributed by atoms with Gasteiger partial charge in [0.2, 0.25) is 0 Å². The number of nitrogens with zero attached hydrogens (tertiary/aromatic N) is 1. The molecule has 0 bridgehead atoms. The van der Waals surface area contributed by atoms with Crippen molar-refractivity contribution < 1.29 is 4.79 Å². The van der Waals surface area contributed by atoms with E-state index in [0.29, 0.717) is 0 Å². The zero-order valence-electron chi connectivity index (χ0n) is 7.90. The number of hydrogen-bond acceptors (Lipinski definition) is 4. The molecule has 80 valence electrons. The van der Waals surface area contributed by atoms with Gasteiger partial charge in [-0.3, -0.25) is 16.0 Å². The number of rotatable bonds is 0. The third kappa shape index (κ3) is 3.25. The summed E-state index contributed by atoms with van der Waals surface area (Å²) < 4.78 is 0. The average molecular weight is 208 g/mol. The second-order valence-corrected chi connectivity index (χ2v) is 2.58. The second-order valence-electron chi connectivity index (χ2n) is 2.58. The standard InChI is InChI=1S/C7H6N2.CH6N4O/c1-2-4-7-6(3-1)5-8-9-7;2-4-1(6)5-3/h1-5H,(H,8,9);2-3H2,(H2,4,5,6). The summed E-state index contributed by atoms with van der Waals surface area (Å²) in [6, 6.07) is 7.41. The molecular weight excluding hydrogens is 196 g/mol. The molecule has 0 aliphatic rings. The van der Waals surface area contributed by atoms with E-state index in [1.165, 1.54) is 0 Å². The zero-order chi connectivity index (χ0) is 11.1. The molecule has 0 unspecified atom stereocenters. The van der Waals surface area contributed by atoms with Gasteiger partial charge in [-0.2, -0.15) is 5.10 Å². The van der Waals surface area contributed by atoms with Crippen molar-refractivity contribution in [3.63, 3.8) is 0 Å². The highest BCUT2D eigenvalue weighted by atomic mass is 16.2. The first-order chi connectivity index (χ1) is 7.27. The van der Waals surface area contributed by atoms with Crippen molar-refractivity contribution in [1.82, 2.24) is 21.0 Å². The van der Waals surface area contributed by atoms with Crippen LogP contribution in [0.5, 0.6) is 0 Å². The van der Waals surface area contributed by atoms with Gasteiger partial charge in [0.1, 0.15) is 0 Å². The fourth-order valence-corrected chi connectivity index (χ4v) is 0.924. The molecule has 0 fully saturated rings. The third-order valence-corrected chi connectivity index (χ3v) is 1.61. The second kappa shape index (κ2) is 5.58. The number of H-pyrrole nitrogens is 1. The maximum Gasteiger partial charge on any atom is 0.343 e. The number of aromatic nitrogens is 2. The summed E-state index contributed by atoms with van der Waals surface area (Å²) in [4.78, 5) is 9.71. The summed E-state index contributed by atoms with van der Waals surface area (Å²) in [7, 11) is 0. The van der Waals surface area contributed by atoms with Crippen LogP contribution < -0.4 is 22.5 Å². The van der Waals surface area contributed by atoms with Gasteiger partial charge < -0.3 is 0 Å². The lowest BCUT2D eigenvalue weighted by Crippen LogP contribution is -2.43. The molecule has 2 rings (SSSR count). The van der Waals surface area contributed by atoms with Crippen molar-refractivity contribution in [2.24, 2.45) is 11.7 Å². The van der Waals surface area contributed by atoms with Crippen LogP contribution in [0.15, 0.2) is 30.5 Å². The van der Waals surface area contributed by atoms with Gasteiger partial charge in [-0.15, -0.1) is 0 Å². The smallest absolute Gasteiger partial charge is 0.278 e. The number of para-hydroxylation sites is 1. The van der Waals surface area contributed by atoms with Crippen LogP contribution in [0.4, 0.5) is 4.79 Å². The fourth-order valence-electron chi connectivity index (χ4n) is 0.924. The highest BCUT2D eigenvalue weighted by molar-refractivity contribution is 5.77. The Kier molecular flexibility index (Phi) is 4.07. The number of carbonyl (C=O) groups excluding carboxylic acids is 1. The number of hydrogen-bond donors (Lipinski definition) is 5. The quantitative estimate of drug-likeness (QED) is 0.229. The summed E-state index contributed by atoms with van der Waals surface area (Å²) >= 11 is 0. The van der Waals surface area contributed by atoms with E-state index in [1.807, 2.05) is 30.5 Å². The molecule has 0 saturated carbocycles. The van der Waals surface area contributed by atoms with Crippen molar-refractivity contribution in [3.8, 4) is 0 Å². The molecule has 7 nitrogen and oxygen atoms in total. The summed E-state index contributed by atoms with van der Waals surface area (Å²) in [6.45, 7) is 0. The third-order valence-electron chi connectivity index (χ3n) is 1.61. The predicted octanol–water partition coefficient (Wildman–Crippen LogP) is -0.404. The lowest BCUT2D eigenvalue weighted by atomic mass is 10.3. The van der Waals surface area contributed by atoms with Crippen molar-refractivity contribution in [2.45, 2.75) is 0 Å². The fraction of sp³-hybridized carbons (Fsp3) is 0. The molecule has 1 heterocycles. The molecule has 7 N–H and O–H groups in total. The maximum absolute atomic E-state index is 9.71. The van der Waals surface area contributed by atoms with Crippen molar-refractivity contribution in [3.05, 3.63) is 30.5 Å². The predicted molar refractivity (Wildman–Crippen MR) is 56.1 cm³/mol. The van der Waals surface area contributed by atoms with Crippen LogP contribution in [0.1, 0.15) is 0 Å². The van der Waals surface area contributed by atoms with Crippen molar-refractivity contribution in [1.29, 1.82) is 0 Å². The molecule has 1 aromatic carbocycles. The summed E-state index contributed by atoms with van der Waals surface area (Å²) in [5, 5.41) is 7.91. The van der Waals surface area contributed by atoms with Crippen LogP contribution in [-0.2, 0) is 0 Å². The van der Waals surface area contributed by atoms with Gasteiger partial charge in [0.15, 0.2) is 0 Å². The average Bonchev–Trinajstić information content (AvgIpc) is 2.76. The zero-order valence-corrected chi connectivity index (χ0v) is 7.90. The number of aromatic amines is 1. The first-order valence-corrected chi connectivity index (χ1v) is 4.13. The van der Waals surface area contributed by atoms with E-state index < -0.39 is 6.03 Å². The monoisotopic (exact) mass is 208 g/mol. The number of amides is 2. The first-order valence-electron chi connectivity index (χ1n) is 4.13. The van der Waals surface area contributed by atoms with Crippen LogP contribution in [0.2, 0.25) is 0 Å². The topological polar surface area (TPSA) is 122 Å². The van der Waals surface area contributed by atoms with Gasteiger partial charge in [-0.25, -0.2) is 16.5 Å². The molecule has 2 amide bonds. The number of carbonyl (C=O) groups is 1. The van der Waals surface area contributed by atoms with Crippen LogP contribution in [0.3, 0.4) is 0 Å². The van der Waals surface area contributed by atoms with E-state index in [-0.39, 0.29) is 0 Å². The van der Waals surface area contributed by atoms with E-state index in [4.69, 9.17) is 0 Å².